The van der Waals surface area contributed by atoms with Crippen LogP contribution in [0.25, 0.3) is 0 Å². The lowest BCUT2D eigenvalue weighted by molar-refractivity contribution is -0.141. The molecule has 0 heterocycles. The van der Waals surface area contributed by atoms with E-state index in [4.69, 9.17) is 4.74 Å². The SMILES string of the molecule is CCCCCc1ccc(OC(=O)C2CCC3CC(CCC)CCC3C2)cc1. The van der Waals surface area contributed by atoms with Crippen LogP contribution < -0.4 is 4.74 Å². The first-order valence-corrected chi connectivity index (χ1v) is 11.5. The van der Waals surface area contributed by atoms with Crippen LogP contribution in [0.3, 0.4) is 0 Å². The van der Waals surface area contributed by atoms with Crippen molar-refractivity contribution in [3.05, 3.63) is 29.8 Å². The van der Waals surface area contributed by atoms with Gasteiger partial charge in [-0.1, -0.05) is 58.1 Å². The summed E-state index contributed by atoms with van der Waals surface area (Å²) in [6.45, 7) is 4.53. The minimum Gasteiger partial charge on any atom is -0.426 e. The smallest absolute Gasteiger partial charge is 0.314 e. The Morgan fingerprint density at radius 1 is 0.926 bits per heavy atom. The van der Waals surface area contributed by atoms with Crippen LogP contribution in [-0.4, -0.2) is 5.97 Å². The van der Waals surface area contributed by atoms with Gasteiger partial charge >= 0.3 is 5.97 Å². The second-order valence-corrected chi connectivity index (χ2v) is 9.02. The van der Waals surface area contributed by atoms with E-state index in [1.54, 1.807) is 0 Å². The maximum absolute atomic E-state index is 12.7. The fourth-order valence-corrected chi connectivity index (χ4v) is 5.37. The fourth-order valence-electron chi connectivity index (χ4n) is 5.37. The standard InChI is InChI=1S/C25H38O2/c1-3-5-6-8-19-10-15-24(16-11-19)27-25(26)23-14-13-21-17-20(7-4-2)9-12-22(21)18-23/h10-11,15-16,20-23H,3-9,12-14,17-18H2,1-2H3. The van der Waals surface area contributed by atoms with Gasteiger partial charge in [-0.2, -0.15) is 0 Å². The molecule has 27 heavy (non-hydrogen) atoms. The Labute approximate surface area is 166 Å². The summed E-state index contributed by atoms with van der Waals surface area (Å²) in [7, 11) is 0. The van der Waals surface area contributed by atoms with Crippen LogP contribution in [0.2, 0.25) is 0 Å². The molecule has 0 N–H and O–H groups in total. The van der Waals surface area contributed by atoms with Crippen molar-refractivity contribution < 1.29 is 9.53 Å². The Bertz CT molecular complexity index is 576. The number of esters is 1. The summed E-state index contributed by atoms with van der Waals surface area (Å²) in [5.74, 6) is 3.39. The molecule has 2 aliphatic rings. The average Bonchev–Trinajstić information content (AvgIpc) is 2.69. The molecule has 0 radical (unpaired) electrons. The molecule has 0 spiro atoms. The zero-order valence-corrected chi connectivity index (χ0v) is 17.4. The summed E-state index contributed by atoms with van der Waals surface area (Å²) in [5.41, 5.74) is 1.34. The average molecular weight is 371 g/mol. The highest BCUT2D eigenvalue weighted by atomic mass is 16.5. The Balaban J connectivity index is 1.46. The van der Waals surface area contributed by atoms with Crippen LogP contribution in [0.4, 0.5) is 0 Å². The van der Waals surface area contributed by atoms with Gasteiger partial charge in [0.1, 0.15) is 5.75 Å². The second kappa shape index (κ2) is 10.3. The van der Waals surface area contributed by atoms with E-state index in [0.717, 1.165) is 37.0 Å². The lowest BCUT2D eigenvalue weighted by atomic mass is 9.64. The number of ether oxygens (including phenoxy) is 1. The number of fused-ring (bicyclic) bond motifs is 1. The number of benzene rings is 1. The monoisotopic (exact) mass is 370 g/mol. The predicted octanol–water partition coefficient (Wildman–Crippen LogP) is 6.96. The summed E-state index contributed by atoms with van der Waals surface area (Å²) in [4.78, 5) is 12.7. The number of rotatable bonds is 8. The van der Waals surface area contributed by atoms with Gasteiger partial charge in [0.25, 0.3) is 0 Å². The van der Waals surface area contributed by atoms with Gasteiger partial charge in [0.05, 0.1) is 5.92 Å². The van der Waals surface area contributed by atoms with Crippen molar-refractivity contribution in [2.75, 3.05) is 0 Å². The first-order valence-electron chi connectivity index (χ1n) is 11.5. The Morgan fingerprint density at radius 3 is 2.41 bits per heavy atom. The van der Waals surface area contributed by atoms with Crippen molar-refractivity contribution in [1.82, 2.24) is 0 Å². The van der Waals surface area contributed by atoms with E-state index in [1.807, 2.05) is 12.1 Å². The maximum Gasteiger partial charge on any atom is 0.314 e. The van der Waals surface area contributed by atoms with Crippen molar-refractivity contribution in [2.24, 2.45) is 23.7 Å². The van der Waals surface area contributed by atoms with E-state index >= 15 is 0 Å². The lowest BCUT2D eigenvalue weighted by Crippen LogP contribution is -2.35. The molecule has 0 saturated heterocycles. The summed E-state index contributed by atoms with van der Waals surface area (Å²) in [6, 6.07) is 8.18. The predicted molar refractivity (Wildman–Crippen MR) is 112 cm³/mol. The van der Waals surface area contributed by atoms with E-state index in [-0.39, 0.29) is 11.9 Å². The number of hydrogen-bond acceptors (Lipinski definition) is 2. The van der Waals surface area contributed by atoms with E-state index in [0.29, 0.717) is 5.75 Å². The first kappa shape index (κ1) is 20.4. The number of hydrogen-bond donors (Lipinski definition) is 0. The lowest BCUT2D eigenvalue weighted by Gasteiger charge is -2.41. The zero-order chi connectivity index (χ0) is 19.1. The minimum absolute atomic E-state index is 0.00265. The Hall–Kier alpha value is -1.31. The Morgan fingerprint density at radius 2 is 1.67 bits per heavy atom. The van der Waals surface area contributed by atoms with Gasteiger partial charge in [-0.25, -0.2) is 0 Å². The highest BCUT2D eigenvalue weighted by molar-refractivity contribution is 5.75. The molecule has 2 saturated carbocycles. The van der Waals surface area contributed by atoms with Crippen molar-refractivity contribution in [1.29, 1.82) is 0 Å². The molecule has 0 aliphatic heterocycles. The van der Waals surface area contributed by atoms with E-state index in [9.17, 15) is 4.79 Å². The third-order valence-electron chi connectivity index (χ3n) is 6.96. The number of unbranched alkanes of at least 4 members (excludes halogenated alkanes) is 2. The maximum atomic E-state index is 12.7. The van der Waals surface area contributed by atoms with Crippen molar-refractivity contribution in [3.8, 4) is 5.75 Å². The van der Waals surface area contributed by atoms with Gasteiger partial charge < -0.3 is 4.74 Å². The van der Waals surface area contributed by atoms with Crippen molar-refractivity contribution in [3.63, 3.8) is 0 Å². The van der Waals surface area contributed by atoms with Gasteiger partial charge in [0.15, 0.2) is 0 Å². The summed E-state index contributed by atoms with van der Waals surface area (Å²) in [6.07, 6.45) is 15.0. The molecule has 3 rings (SSSR count). The van der Waals surface area contributed by atoms with Crippen LogP contribution in [-0.2, 0) is 11.2 Å². The van der Waals surface area contributed by atoms with Crippen LogP contribution in [0.5, 0.6) is 5.75 Å². The molecule has 1 aromatic carbocycles. The molecule has 2 aliphatic carbocycles. The third kappa shape index (κ3) is 5.83. The molecule has 1 aromatic rings. The van der Waals surface area contributed by atoms with E-state index < -0.39 is 0 Å². The molecule has 2 nitrogen and oxygen atoms in total. The molecule has 2 fully saturated rings. The van der Waals surface area contributed by atoms with Crippen molar-refractivity contribution >= 4 is 5.97 Å². The largest absolute Gasteiger partial charge is 0.426 e. The third-order valence-corrected chi connectivity index (χ3v) is 6.96. The number of carbonyl (C=O) groups excluding carboxylic acids is 1. The minimum atomic E-state index is 0.00265. The number of carbonyl (C=O) groups is 1. The highest BCUT2D eigenvalue weighted by Gasteiger charge is 2.38. The second-order valence-electron chi connectivity index (χ2n) is 9.02. The van der Waals surface area contributed by atoms with E-state index in [2.05, 4.69) is 26.0 Å². The van der Waals surface area contributed by atoms with Gasteiger partial charge in [-0.3, -0.25) is 4.79 Å². The summed E-state index contributed by atoms with van der Waals surface area (Å²) in [5, 5.41) is 0. The quantitative estimate of drug-likeness (QED) is 0.281. The normalized spacial score (nSPS) is 27.8. The first-order chi connectivity index (χ1) is 13.2. The molecule has 0 aromatic heterocycles. The van der Waals surface area contributed by atoms with Crippen molar-refractivity contribution in [2.45, 2.75) is 90.9 Å². The van der Waals surface area contributed by atoms with Crippen LogP contribution in [0.1, 0.15) is 90.0 Å². The molecule has 4 unspecified atom stereocenters. The van der Waals surface area contributed by atoms with Crippen LogP contribution >= 0.6 is 0 Å². The topological polar surface area (TPSA) is 26.3 Å². The van der Waals surface area contributed by atoms with E-state index in [1.165, 1.54) is 63.4 Å². The molecule has 0 bridgehead atoms. The fraction of sp³-hybridized carbons (Fsp3) is 0.720. The number of aryl methyl sites for hydroxylation is 1. The van der Waals surface area contributed by atoms with Gasteiger partial charge in [0, 0.05) is 0 Å². The zero-order valence-electron chi connectivity index (χ0n) is 17.4. The molecule has 2 heteroatoms. The molecule has 150 valence electrons. The summed E-state index contributed by atoms with van der Waals surface area (Å²) >= 11 is 0. The molecule has 4 atom stereocenters. The molecular formula is C25H38O2. The molecule has 0 amide bonds. The highest BCUT2D eigenvalue weighted by Crippen LogP contribution is 2.45. The van der Waals surface area contributed by atoms with Gasteiger partial charge in [-0.15, -0.1) is 0 Å². The summed E-state index contributed by atoms with van der Waals surface area (Å²) < 4.78 is 5.73. The van der Waals surface area contributed by atoms with Crippen LogP contribution in [0, 0.1) is 23.7 Å². The molecular weight excluding hydrogens is 332 g/mol. The van der Waals surface area contributed by atoms with Crippen LogP contribution in [0.15, 0.2) is 24.3 Å². The van der Waals surface area contributed by atoms with Gasteiger partial charge in [0.2, 0.25) is 0 Å². The Kier molecular flexibility index (Phi) is 7.79. The van der Waals surface area contributed by atoms with Gasteiger partial charge in [-0.05, 0) is 80.4 Å².